The molecule has 1 aliphatic heterocycles. The number of para-hydroxylation sites is 1. The second-order valence-corrected chi connectivity index (χ2v) is 6.80. The molecule has 0 N–H and O–H groups in total. The van der Waals surface area contributed by atoms with Gasteiger partial charge in [-0.25, -0.2) is 9.48 Å². The van der Waals surface area contributed by atoms with Gasteiger partial charge < -0.3 is 9.32 Å². The zero-order valence-corrected chi connectivity index (χ0v) is 14.9. The summed E-state index contributed by atoms with van der Waals surface area (Å²) in [6.07, 6.45) is 1.88. The van der Waals surface area contributed by atoms with E-state index in [1.54, 1.807) is 27.8 Å². The highest BCUT2D eigenvalue weighted by atomic mass is 16.4. The zero-order valence-electron chi connectivity index (χ0n) is 14.9. The van der Waals surface area contributed by atoms with Crippen LogP contribution in [0.1, 0.15) is 16.4 Å². The van der Waals surface area contributed by atoms with Crippen molar-refractivity contribution in [3.63, 3.8) is 0 Å². The van der Waals surface area contributed by atoms with Crippen molar-refractivity contribution in [2.75, 3.05) is 13.1 Å². The Kier molecular flexibility index (Phi) is 3.79. The van der Waals surface area contributed by atoms with Crippen molar-refractivity contribution in [3.05, 3.63) is 82.8 Å². The monoisotopic (exact) mass is 372 g/mol. The first-order valence-electron chi connectivity index (χ1n) is 8.98. The molecule has 2 aromatic heterocycles. The molecule has 1 amide bonds. The Labute approximate surface area is 159 Å². The molecule has 1 aliphatic rings. The average molecular weight is 372 g/mol. The van der Waals surface area contributed by atoms with Crippen LogP contribution in [-0.2, 0) is 0 Å². The summed E-state index contributed by atoms with van der Waals surface area (Å²) in [6.45, 7) is 0.950. The number of nitrogens with zero attached hydrogens (tertiary/aromatic N) is 4. The number of amides is 1. The van der Waals surface area contributed by atoms with Crippen molar-refractivity contribution >= 4 is 16.9 Å². The molecule has 7 nitrogen and oxygen atoms in total. The Morgan fingerprint density at radius 2 is 1.79 bits per heavy atom. The molecule has 0 unspecified atom stereocenters. The first-order chi connectivity index (χ1) is 13.7. The van der Waals surface area contributed by atoms with Gasteiger partial charge in [-0.05, 0) is 12.1 Å². The molecule has 0 bridgehead atoms. The molecule has 4 aromatic rings. The van der Waals surface area contributed by atoms with Gasteiger partial charge in [0.15, 0.2) is 0 Å². The molecule has 0 aliphatic carbocycles. The molecule has 0 saturated carbocycles. The SMILES string of the molecule is O=C(c1cc2ccccc2oc1=O)N1CC(n2cc(-c3ccccc3)nn2)C1. The molecule has 5 rings (SSSR count). The maximum Gasteiger partial charge on any atom is 0.349 e. The molecule has 0 spiro atoms. The Morgan fingerprint density at radius 1 is 1.04 bits per heavy atom. The number of aromatic nitrogens is 3. The van der Waals surface area contributed by atoms with E-state index in [2.05, 4.69) is 10.3 Å². The van der Waals surface area contributed by atoms with Crippen molar-refractivity contribution in [2.45, 2.75) is 6.04 Å². The van der Waals surface area contributed by atoms with Gasteiger partial charge in [0, 0.05) is 24.0 Å². The van der Waals surface area contributed by atoms with Gasteiger partial charge in [-0.2, -0.15) is 0 Å². The van der Waals surface area contributed by atoms with Gasteiger partial charge in [0.25, 0.3) is 5.91 Å². The molecule has 3 heterocycles. The molecule has 0 radical (unpaired) electrons. The van der Waals surface area contributed by atoms with E-state index >= 15 is 0 Å². The Hall–Kier alpha value is -3.74. The number of carbonyl (C=O) groups excluding carboxylic acids is 1. The fraction of sp³-hybridized carbons (Fsp3) is 0.143. The fourth-order valence-electron chi connectivity index (χ4n) is 3.37. The van der Waals surface area contributed by atoms with Gasteiger partial charge in [-0.1, -0.05) is 53.7 Å². The van der Waals surface area contributed by atoms with Crippen molar-refractivity contribution in [1.29, 1.82) is 0 Å². The van der Waals surface area contributed by atoms with Gasteiger partial charge in [0.1, 0.15) is 16.8 Å². The lowest BCUT2D eigenvalue weighted by Crippen LogP contribution is -2.51. The quantitative estimate of drug-likeness (QED) is 0.517. The lowest BCUT2D eigenvalue weighted by atomic mass is 10.1. The highest BCUT2D eigenvalue weighted by Crippen LogP contribution is 2.25. The summed E-state index contributed by atoms with van der Waals surface area (Å²) in [5.41, 5.74) is 1.71. The predicted octanol–water partition coefficient (Wildman–Crippen LogP) is 2.75. The van der Waals surface area contributed by atoms with Gasteiger partial charge in [0.2, 0.25) is 0 Å². The first-order valence-corrected chi connectivity index (χ1v) is 8.98. The summed E-state index contributed by atoms with van der Waals surface area (Å²) in [4.78, 5) is 26.5. The van der Waals surface area contributed by atoms with Crippen LogP contribution < -0.4 is 5.63 Å². The van der Waals surface area contributed by atoms with E-state index in [0.717, 1.165) is 16.6 Å². The van der Waals surface area contributed by atoms with E-state index in [4.69, 9.17) is 4.42 Å². The summed E-state index contributed by atoms with van der Waals surface area (Å²) in [5.74, 6) is -0.320. The second-order valence-electron chi connectivity index (χ2n) is 6.80. The largest absolute Gasteiger partial charge is 0.422 e. The summed E-state index contributed by atoms with van der Waals surface area (Å²) in [7, 11) is 0. The predicted molar refractivity (Wildman–Crippen MR) is 103 cm³/mol. The van der Waals surface area contributed by atoms with Crippen LogP contribution >= 0.6 is 0 Å². The van der Waals surface area contributed by atoms with E-state index in [-0.39, 0.29) is 17.5 Å². The van der Waals surface area contributed by atoms with Crippen molar-refractivity contribution in [3.8, 4) is 11.3 Å². The van der Waals surface area contributed by atoms with Crippen molar-refractivity contribution in [1.82, 2.24) is 19.9 Å². The summed E-state index contributed by atoms with van der Waals surface area (Å²) in [5, 5.41) is 9.13. The van der Waals surface area contributed by atoms with E-state index in [1.165, 1.54) is 0 Å². The molecule has 1 saturated heterocycles. The normalized spacial score (nSPS) is 14.2. The molecule has 0 atom stereocenters. The fourth-order valence-corrected chi connectivity index (χ4v) is 3.37. The zero-order chi connectivity index (χ0) is 19.1. The number of rotatable bonds is 3. The molecule has 7 heteroatoms. The molecular weight excluding hydrogens is 356 g/mol. The Bertz CT molecular complexity index is 1220. The number of hydrogen-bond acceptors (Lipinski definition) is 5. The molecule has 1 fully saturated rings. The summed E-state index contributed by atoms with van der Waals surface area (Å²) in [6, 6.07) is 18.6. The van der Waals surface area contributed by atoms with Crippen molar-refractivity contribution < 1.29 is 9.21 Å². The minimum atomic E-state index is -0.612. The Morgan fingerprint density at radius 3 is 2.61 bits per heavy atom. The average Bonchev–Trinajstić information content (AvgIpc) is 3.16. The van der Waals surface area contributed by atoms with Crippen LogP contribution in [-0.4, -0.2) is 38.9 Å². The third-order valence-corrected chi connectivity index (χ3v) is 4.98. The van der Waals surface area contributed by atoms with Gasteiger partial charge in [-0.3, -0.25) is 4.79 Å². The molecule has 2 aromatic carbocycles. The lowest BCUT2D eigenvalue weighted by molar-refractivity contribution is 0.0494. The van der Waals surface area contributed by atoms with Gasteiger partial charge in [-0.15, -0.1) is 5.10 Å². The highest BCUT2D eigenvalue weighted by Gasteiger charge is 2.34. The molecular formula is C21H16N4O3. The van der Waals surface area contributed by atoms with Crippen molar-refractivity contribution in [2.24, 2.45) is 0 Å². The van der Waals surface area contributed by atoms with Crippen LogP contribution in [0.25, 0.3) is 22.2 Å². The van der Waals surface area contributed by atoms with Crippen LogP contribution in [0.4, 0.5) is 0 Å². The third kappa shape index (κ3) is 2.77. The number of likely N-dealkylation sites (tertiary alicyclic amines) is 1. The smallest absolute Gasteiger partial charge is 0.349 e. The maximum atomic E-state index is 12.7. The van der Waals surface area contributed by atoms with E-state index in [9.17, 15) is 9.59 Å². The van der Waals surface area contributed by atoms with Crippen LogP contribution in [0.2, 0.25) is 0 Å². The van der Waals surface area contributed by atoms with Crippen LogP contribution in [0.3, 0.4) is 0 Å². The molecule has 138 valence electrons. The topological polar surface area (TPSA) is 81.2 Å². The van der Waals surface area contributed by atoms with E-state index < -0.39 is 5.63 Å². The third-order valence-electron chi connectivity index (χ3n) is 4.98. The van der Waals surface area contributed by atoms with Crippen LogP contribution in [0.5, 0.6) is 0 Å². The van der Waals surface area contributed by atoms with Gasteiger partial charge in [0.05, 0.1) is 12.2 Å². The Balaban J connectivity index is 1.32. The first kappa shape index (κ1) is 16.4. The van der Waals surface area contributed by atoms with Crippen LogP contribution in [0.15, 0.2) is 76.1 Å². The highest BCUT2D eigenvalue weighted by molar-refractivity contribution is 5.97. The number of fused-ring (bicyclic) bond motifs is 1. The standard InChI is InChI=1S/C21H16N4O3/c26-20(17-10-15-8-4-5-9-19(15)28-21(17)27)24-11-16(12-24)25-13-18(22-23-25)14-6-2-1-3-7-14/h1-10,13,16H,11-12H2. The minimum Gasteiger partial charge on any atom is -0.422 e. The van der Waals surface area contributed by atoms with Gasteiger partial charge >= 0.3 is 5.63 Å². The maximum absolute atomic E-state index is 12.7. The number of benzene rings is 2. The van der Waals surface area contributed by atoms with Crippen LogP contribution in [0, 0.1) is 0 Å². The molecule has 28 heavy (non-hydrogen) atoms. The number of hydrogen-bond donors (Lipinski definition) is 0. The second kappa shape index (κ2) is 6.45. The number of carbonyl (C=O) groups is 1. The minimum absolute atomic E-state index is 0.0430. The van der Waals surface area contributed by atoms with E-state index in [1.807, 2.05) is 48.7 Å². The van der Waals surface area contributed by atoms with E-state index in [0.29, 0.717) is 18.7 Å². The summed E-state index contributed by atoms with van der Waals surface area (Å²) >= 11 is 0. The summed E-state index contributed by atoms with van der Waals surface area (Å²) < 4.78 is 7.04. The lowest BCUT2D eigenvalue weighted by Gasteiger charge is -2.38.